The maximum atomic E-state index is 11.9. The van der Waals surface area contributed by atoms with Gasteiger partial charge in [0.05, 0.1) is 6.07 Å². The quantitative estimate of drug-likeness (QED) is 0.842. The van der Waals surface area contributed by atoms with E-state index in [2.05, 4.69) is 20.9 Å². The van der Waals surface area contributed by atoms with Gasteiger partial charge in [0.2, 0.25) is 10.0 Å². The van der Waals surface area contributed by atoms with E-state index in [0.29, 0.717) is 4.47 Å². The summed E-state index contributed by atoms with van der Waals surface area (Å²) in [6.45, 7) is 0.172. The largest absolute Gasteiger partial charge is 0.262 e. The summed E-state index contributed by atoms with van der Waals surface area (Å²) in [5.74, 6) is 0. The van der Waals surface area contributed by atoms with E-state index in [4.69, 9.17) is 5.26 Å². The van der Waals surface area contributed by atoms with Crippen molar-refractivity contribution in [1.82, 2.24) is 9.29 Å². The molecule has 0 aromatic carbocycles. The molecule has 0 saturated carbocycles. The number of hydrogen-bond donors (Lipinski definition) is 0. The fourth-order valence-electron chi connectivity index (χ4n) is 1.04. The Morgan fingerprint density at radius 1 is 1.56 bits per heavy atom. The highest BCUT2D eigenvalue weighted by atomic mass is 79.9. The average molecular weight is 304 g/mol. The van der Waals surface area contributed by atoms with Gasteiger partial charge in [0.15, 0.2) is 0 Å². The number of aromatic nitrogens is 1. The number of sulfonamides is 1. The van der Waals surface area contributed by atoms with E-state index in [9.17, 15) is 8.42 Å². The summed E-state index contributed by atoms with van der Waals surface area (Å²) >= 11 is 3.16. The molecule has 5 nitrogen and oxygen atoms in total. The van der Waals surface area contributed by atoms with Gasteiger partial charge in [-0.25, -0.2) is 8.42 Å². The Balaban J connectivity index is 2.98. The molecule has 16 heavy (non-hydrogen) atoms. The van der Waals surface area contributed by atoms with Gasteiger partial charge in [0, 0.05) is 36.9 Å². The molecule has 0 radical (unpaired) electrons. The fourth-order valence-corrected chi connectivity index (χ4v) is 2.72. The molecule has 0 aliphatic rings. The molecule has 7 heteroatoms. The normalized spacial score (nSPS) is 11.4. The second-order valence-corrected chi connectivity index (χ2v) is 6.03. The van der Waals surface area contributed by atoms with Gasteiger partial charge in [-0.1, -0.05) is 0 Å². The van der Waals surface area contributed by atoms with Gasteiger partial charge in [0.25, 0.3) is 0 Å². The maximum absolute atomic E-state index is 11.9. The van der Waals surface area contributed by atoms with Crippen molar-refractivity contribution in [2.75, 3.05) is 13.6 Å². The van der Waals surface area contributed by atoms with Gasteiger partial charge in [0.1, 0.15) is 4.90 Å². The first-order valence-electron chi connectivity index (χ1n) is 4.42. The summed E-state index contributed by atoms with van der Waals surface area (Å²) in [5, 5.41) is 8.40. The van der Waals surface area contributed by atoms with Crippen LogP contribution >= 0.6 is 15.9 Å². The fraction of sp³-hybridized carbons (Fsp3) is 0.333. The van der Waals surface area contributed by atoms with Crippen LogP contribution in [0, 0.1) is 11.3 Å². The highest BCUT2D eigenvalue weighted by Gasteiger charge is 2.20. The lowest BCUT2D eigenvalue weighted by atomic mass is 10.5. The van der Waals surface area contributed by atoms with Gasteiger partial charge < -0.3 is 0 Å². The Hall–Kier alpha value is -0.970. The highest BCUT2D eigenvalue weighted by Crippen LogP contribution is 2.17. The van der Waals surface area contributed by atoms with Crippen LogP contribution in [0.15, 0.2) is 27.8 Å². The standard InChI is InChI=1S/C9H10BrN3O2S/c1-13(4-2-3-11)16(14,15)9-5-8(10)6-12-7-9/h5-7H,2,4H2,1H3. The molecule has 0 N–H and O–H groups in total. The van der Waals surface area contributed by atoms with Crippen molar-refractivity contribution in [3.05, 3.63) is 22.9 Å². The molecule has 0 aliphatic heterocycles. The highest BCUT2D eigenvalue weighted by molar-refractivity contribution is 9.10. The zero-order valence-corrected chi connectivity index (χ0v) is 11.0. The summed E-state index contributed by atoms with van der Waals surface area (Å²) in [4.78, 5) is 3.91. The molecule has 0 amide bonds. The minimum atomic E-state index is -3.54. The van der Waals surface area contributed by atoms with Crippen molar-refractivity contribution in [1.29, 1.82) is 5.26 Å². The third-order valence-electron chi connectivity index (χ3n) is 1.93. The van der Waals surface area contributed by atoms with Crippen LogP contribution in [-0.2, 0) is 10.0 Å². The topological polar surface area (TPSA) is 74.1 Å². The minimum Gasteiger partial charge on any atom is -0.262 e. The average Bonchev–Trinajstić information content (AvgIpc) is 2.25. The molecule has 1 aromatic rings. The molecule has 1 aromatic heterocycles. The van der Waals surface area contributed by atoms with Crippen LogP contribution in [0.3, 0.4) is 0 Å². The first-order valence-corrected chi connectivity index (χ1v) is 6.65. The van der Waals surface area contributed by atoms with E-state index in [1.807, 2.05) is 6.07 Å². The number of nitriles is 1. The van der Waals surface area contributed by atoms with Gasteiger partial charge in [-0.15, -0.1) is 0 Å². The third kappa shape index (κ3) is 3.01. The smallest absolute Gasteiger partial charge is 0.244 e. The Bertz CT molecular complexity index is 510. The first-order chi connectivity index (χ1) is 7.48. The number of hydrogen-bond acceptors (Lipinski definition) is 4. The first kappa shape index (κ1) is 13.1. The van der Waals surface area contributed by atoms with Crippen molar-refractivity contribution in [2.45, 2.75) is 11.3 Å². The predicted octanol–water partition coefficient (Wildman–Crippen LogP) is 1.38. The van der Waals surface area contributed by atoms with E-state index in [1.165, 1.54) is 25.5 Å². The number of rotatable bonds is 4. The van der Waals surface area contributed by atoms with Crippen LogP contribution in [0.5, 0.6) is 0 Å². The van der Waals surface area contributed by atoms with Crippen molar-refractivity contribution < 1.29 is 8.42 Å². The third-order valence-corrected chi connectivity index (χ3v) is 4.18. The van der Waals surface area contributed by atoms with Crippen LogP contribution in [0.4, 0.5) is 0 Å². The lowest BCUT2D eigenvalue weighted by molar-refractivity contribution is 0.476. The van der Waals surface area contributed by atoms with Gasteiger partial charge in [-0.05, 0) is 22.0 Å². The molecule has 0 saturated heterocycles. The minimum absolute atomic E-state index is 0.113. The molecule has 1 rings (SSSR count). The molecule has 0 spiro atoms. The molecule has 0 aliphatic carbocycles. The van der Waals surface area contributed by atoms with E-state index < -0.39 is 10.0 Å². The van der Waals surface area contributed by atoms with Crippen LogP contribution in [0.2, 0.25) is 0 Å². The lowest BCUT2D eigenvalue weighted by Gasteiger charge is -2.15. The molecular formula is C9H10BrN3O2S. The van der Waals surface area contributed by atoms with Crippen molar-refractivity contribution in [3.63, 3.8) is 0 Å². The van der Waals surface area contributed by atoms with E-state index in [-0.39, 0.29) is 17.9 Å². The summed E-state index contributed by atoms with van der Waals surface area (Å²) in [5.41, 5.74) is 0. The van der Waals surface area contributed by atoms with Gasteiger partial charge >= 0.3 is 0 Å². The second kappa shape index (κ2) is 5.39. The molecular weight excluding hydrogens is 294 g/mol. The van der Waals surface area contributed by atoms with Crippen LogP contribution in [0.1, 0.15) is 6.42 Å². The number of pyridine rings is 1. The van der Waals surface area contributed by atoms with Crippen LogP contribution in [-0.4, -0.2) is 31.3 Å². The molecule has 0 fully saturated rings. The van der Waals surface area contributed by atoms with Gasteiger partial charge in [-0.3, -0.25) is 4.98 Å². The Labute approximate surface area is 103 Å². The van der Waals surface area contributed by atoms with Crippen molar-refractivity contribution >= 4 is 26.0 Å². The van der Waals surface area contributed by atoms with E-state index >= 15 is 0 Å². The Kier molecular flexibility index (Phi) is 4.41. The van der Waals surface area contributed by atoms with E-state index in [1.54, 1.807) is 0 Å². The summed E-state index contributed by atoms with van der Waals surface area (Å²) in [6, 6.07) is 3.38. The maximum Gasteiger partial charge on any atom is 0.244 e. The predicted molar refractivity (Wildman–Crippen MR) is 62.0 cm³/mol. The number of nitrogens with zero attached hydrogens (tertiary/aromatic N) is 3. The SMILES string of the molecule is CN(CCC#N)S(=O)(=O)c1cncc(Br)c1. The monoisotopic (exact) mass is 303 g/mol. The van der Waals surface area contributed by atoms with Crippen molar-refractivity contribution in [3.8, 4) is 6.07 Å². The molecule has 0 atom stereocenters. The zero-order chi connectivity index (χ0) is 12.2. The molecule has 0 unspecified atom stereocenters. The molecule has 1 heterocycles. The zero-order valence-electron chi connectivity index (χ0n) is 8.59. The summed E-state index contributed by atoms with van der Waals surface area (Å²) < 4.78 is 25.6. The van der Waals surface area contributed by atoms with Gasteiger partial charge in [-0.2, -0.15) is 9.57 Å². The summed E-state index contributed by atoms with van der Waals surface area (Å²) in [6.07, 6.45) is 2.95. The van der Waals surface area contributed by atoms with Crippen molar-refractivity contribution in [2.24, 2.45) is 0 Å². The molecule has 0 bridgehead atoms. The lowest BCUT2D eigenvalue weighted by Crippen LogP contribution is -2.27. The van der Waals surface area contributed by atoms with E-state index in [0.717, 1.165) is 4.31 Å². The van der Waals surface area contributed by atoms with Crippen LogP contribution < -0.4 is 0 Å². The van der Waals surface area contributed by atoms with Crippen LogP contribution in [0.25, 0.3) is 0 Å². The molecule has 86 valence electrons. The Morgan fingerprint density at radius 3 is 2.81 bits per heavy atom. The Morgan fingerprint density at radius 2 is 2.25 bits per heavy atom. The summed E-state index contributed by atoms with van der Waals surface area (Å²) in [7, 11) is -2.11. The number of halogens is 1. The second-order valence-electron chi connectivity index (χ2n) is 3.07.